The van der Waals surface area contributed by atoms with E-state index < -0.39 is 0 Å². The van der Waals surface area contributed by atoms with Gasteiger partial charge in [0.2, 0.25) is 0 Å². The van der Waals surface area contributed by atoms with E-state index in [9.17, 15) is 4.79 Å². The number of nitrogens with one attached hydrogen (secondary N) is 1. The topological polar surface area (TPSA) is 38.3 Å². The Morgan fingerprint density at radius 2 is 2.21 bits per heavy atom. The number of hydrogen-bond acceptors (Lipinski definition) is 2. The molecule has 72 valence electrons. The number of anilines is 1. The van der Waals surface area contributed by atoms with Crippen LogP contribution in [0.2, 0.25) is 0 Å². The minimum atomic E-state index is -0.383. The van der Waals surface area contributed by atoms with Crippen LogP contribution in [0, 0.1) is 10.8 Å². The van der Waals surface area contributed by atoms with Crippen molar-refractivity contribution in [1.82, 2.24) is 0 Å². The smallest absolute Gasteiger partial charge is 0.301 e. The Balaban J connectivity index is 2.83. The van der Waals surface area contributed by atoms with E-state index in [0.29, 0.717) is 11.4 Å². The lowest BCUT2D eigenvalue weighted by molar-refractivity contribution is -0.111. The Labute approximate surface area is 90.6 Å². The summed E-state index contributed by atoms with van der Waals surface area (Å²) in [5.41, 5.74) is 0.607. The van der Waals surface area contributed by atoms with Gasteiger partial charge < -0.3 is 10.1 Å². The molecular weight excluding hydrogens is 246 g/mol. The number of para-hydroxylation sites is 2. The van der Waals surface area contributed by atoms with E-state index in [0.717, 1.165) is 0 Å². The van der Waals surface area contributed by atoms with Gasteiger partial charge in [-0.1, -0.05) is 12.1 Å². The fraction of sp³-hybridized carbons (Fsp3) is 0.100. The summed E-state index contributed by atoms with van der Waals surface area (Å²) in [5.74, 6) is 2.53. The van der Waals surface area contributed by atoms with Gasteiger partial charge in [-0.15, -0.1) is 0 Å². The van der Waals surface area contributed by atoms with Gasteiger partial charge in [-0.25, -0.2) is 0 Å². The maximum Gasteiger partial charge on any atom is 0.301 e. The number of hydrogen-bond donors (Lipinski definition) is 1. The van der Waals surface area contributed by atoms with Crippen LogP contribution in [0.25, 0.3) is 0 Å². The number of carbonyl (C=O) groups excluding carboxylic acids is 1. The molecule has 0 saturated carbocycles. The first-order valence-electron chi connectivity index (χ1n) is 3.83. The van der Waals surface area contributed by atoms with Crippen LogP contribution in [0.3, 0.4) is 0 Å². The van der Waals surface area contributed by atoms with Gasteiger partial charge in [-0.05, 0) is 17.0 Å². The van der Waals surface area contributed by atoms with Gasteiger partial charge in [-0.2, -0.15) is 0 Å². The monoisotopic (exact) mass is 253 g/mol. The molecule has 1 rings (SSSR count). The lowest BCUT2D eigenvalue weighted by atomic mass is 10.3. The highest BCUT2D eigenvalue weighted by atomic mass is 79.9. The second-order valence-corrected chi connectivity index (χ2v) is 2.77. The minimum absolute atomic E-state index is 0.383. The Morgan fingerprint density at radius 3 is 2.86 bits per heavy atom. The number of benzene rings is 1. The third-order valence-electron chi connectivity index (χ3n) is 1.52. The van der Waals surface area contributed by atoms with Gasteiger partial charge in [0.1, 0.15) is 5.75 Å². The van der Waals surface area contributed by atoms with E-state index in [1.807, 2.05) is 6.07 Å². The van der Waals surface area contributed by atoms with E-state index in [2.05, 4.69) is 32.0 Å². The molecule has 1 N–H and O–H groups in total. The molecule has 0 fully saturated rings. The van der Waals surface area contributed by atoms with Crippen LogP contribution < -0.4 is 10.1 Å². The molecule has 0 aliphatic heterocycles. The molecule has 0 unspecified atom stereocenters. The highest BCUT2D eigenvalue weighted by molar-refractivity contribution is 9.12. The summed E-state index contributed by atoms with van der Waals surface area (Å²) in [4.78, 5) is 13.4. The number of halogens is 1. The van der Waals surface area contributed by atoms with Crippen molar-refractivity contribution in [3.8, 4) is 16.5 Å². The quantitative estimate of drug-likeness (QED) is 0.819. The van der Waals surface area contributed by atoms with Crippen LogP contribution in [-0.4, -0.2) is 13.0 Å². The average molecular weight is 254 g/mol. The Bertz CT molecular complexity index is 393. The molecule has 0 aliphatic rings. The maximum atomic E-state index is 11.1. The largest absolute Gasteiger partial charge is 0.495 e. The number of methoxy groups -OCH3 is 1. The maximum absolute atomic E-state index is 11.1. The van der Waals surface area contributed by atoms with Crippen molar-refractivity contribution in [1.29, 1.82) is 0 Å². The molecule has 0 heterocycles. The summed E-state index contributed by atoms with van der Waals surface area (Å²) >= 11 is 2.85. The van der Waals surface area contributed by atoms with Crippen molar-refractivity contribution < 1.29 is 9.53 Å². The van der Waals surface area contributed by atoms with Crippen LogP contribution in [0.1, 0.15) is 0 Å². The van der Waals surface area contributed by atoms with Crippen LogP contribution in [0.5, 0.6) is 5.75 Å². The van der Waals surface area contributed by atoms with E-state index in [-0.39, 0.29) is 5.91 Å². The van der Waals surface area contributed by atoms with E-state index in [1.54, 1.807) is 25.3 Å². The van der Waals surface area contributed by atoms with Crippen molar-refractivity contribution in [2.45, 2.75) is 0 Å². The molecule has 0 spiro atoms. The third kappa shape index (κ3) is 2.79. The molecule has 1 amide bonds. The van der Waals surface area contributed by atoms with Gasteiger partial charge in [0.25, 0.3) is 0 Å². The normalized spacial score (nSPS) is 8.43. The number of carbonyl (C=O) groups is 1. The zero-order valence-electron chi connectivity index (χ0n) is 7.50. The first-order chi connectivity index (χ1) is 6.77. The zero-order chi connectivity index (χ0) is 10.4. The molecule has 0 saturated heterocycles. The van der Waals surface area contributed by atoms with Gasteiger partial charge in [-0.3, -0.25) is 4.79 Å². The lowest BCUT2D eigenvalue weighted by Gasteiger charge is -2.06. The third-order valence-corrected chi connectivity index (χ3v) is 1.71. The highest BCUT2D eigenvalue weighted by Crippen LogP contribution is 2.22. The van der Waals surface area contributed by atoms with E-state index >= 15 is 0 Å². The number of amides is 1. The molecule has 0 aliphatic carbocycles. The van der Waals surface area contributed by atoms with Gasteiger partial charge in [0.05, 0.1) is 12.8 Å². The number of ether oxygens (including phenoxy) is 1. The van der Waals surface area contributed by atoms with Crippen molar-refractivity contribution in [3.05, 3.63) is 24.3 Å². The predicted molar refractivity (Wildman–Crippen MR) is 58.3 cm³/mol. The second kappa shape index (κ2) is 5.30. The lowest BCUT2D eigenvalue weighted by Crippen LogP contribution is -2.09. The number of rotatable bonds is 2. The fourth-order valence-electron chi connectivity index (χ4n) is 0.944. The predicted octanol–water partition coefficient (Wildman–Crippen LogP) is 1.99. The van der Waals surface area contributed by atoms with E-state index in [1.165, 1.54) is 0 Å². The molecule has 1 aromatic carbocycles. The standard InChI is InChI=1S/C10H8BrNO2/c1-14-9-5-3-2-4-8(9)12-10(13)6-7-11/h2-5H,1H3,(H,12,13). The highest BCUT2D eigenvalue weighted by Gasteiger charge is 2.03. The van der Waals surface area contributed by atoms with Gasteiger partial charge >= 0.3 is 5.91 Å². The Kier molecular flexibility index (Phi) is 4.02. The molecular formula is C10H8BrNO2. The van der Waals surface area contributed by atoms with Crippen molar-refractivity contribution >= 4 is 27.5 Å². The summed E-state index contributed by atoms with van der Waals surface area (Å²) in [7, 11) is 1.54. The van der Waals surface area contributed by atoms with Gasteiger partial charge in [0, 0.05) is 21.9 Å². The summed E-state index contributed by atoms with van der Waals surface area (Å²) in [5, 5.41) is 2.59. The molecule has 4 heteroatoms. The minimum Gasteiger partial charge on any atom is -0.495 e. The van der Waals surface area contributed by atoms with Crippen LogP contribution >= 0.6 is 15.9 Å². The van der Waals surface area contributed by atoms with Crippen LogP contribution in [-0.2, 0) is 4.79 Å². The summed E-state index contributed by atoms with van der Waals surface area (Å²) < 4.78 is 5.05. The average Bonchev–Trinajstić information content (AvgIpc) is 2.19. The molecule has 0 aromatic heterocycles. The van der Waals surface area contributed by atoms with E-state index in [4.69, 9.17) is 4.74 Å². The zero-order valence-corrected chi connectivity index (χ0v) is 9.09. The first-order valence-corrected chi connectivity index (χ1v) is 4.63. The summed E-state index contributed by atoms with van der Waals surface area (Å²) in [6.07, 6.45) is 0. The summed E-state index contributed by atoms with van der Waals surface area (Å²) in [6, 6.07) is 7.13. The molecule has 0 bridgehead atoms. The molecule has 0 atom stereocenters. The molecule has 1 aromatic rings. The fourth-order valence-corrected chi connectivity index (χ4v) is 1.12. The Hall–Kier alpha value is -1.47. The second-order valence-electron chi connectivity index (χ2n) is 2.37. The molecule has 0 radical (unpaired) electrons. The molecule has 14 heavy (non-hydrogen) atoms. The Morgan fingerprint density at radius 1 is 1.50 bits per heavy atom. The van der Waals surface area contributed by atoms with Crippen molar-refractivity contribution in [2.24, 2.45) is 0 Å². The van der Waals surface area contributed by atoms with Crippen LogP contribution in [0.4, 0.5) is 5.69 Å². The van der Waals surface area contributed by atoms with Crippen molar-refractivity contribution in [2.75, 3.05) is 12.4 Å². The SMILES string of the molecule is COc1ccccc1NC(=O)C#CBr. The summed E-state index contributed by atoms with van der Waals surface area (Å²) in [6.45, 7) is 0. The molecule has 3 nitrogen and oxygen atoms in total. The van der Waals surface area contributed by atoms with Crippen LogP contribution in [0.15, 0.2) is 24.3 Å². The first kappa shape index (κ1) is 10.6. The van der Waals surface area contributed by atoms with Crippen molar-refractivity contribution in [3.63, 3.8) is 0 Å². The van der Waals surface area contributed by atoms with Gasteiger partial charge in [0.15, 0.2) is 0 Å².